The lowest BCUT2D eigenvalue weighted by atomic mass is 10.1. The number of nitrogens with zero attached hydrogens (tertiary/aromatic N) is 2. The minimum Gasteiger partial charge on any atom is -0.495 e. The highest BCUT2D eigenvalue weighted by Crippen LogP contribution is 2.31. The van der Waals surface area contributed by atoms with Gasteiger partial charge in [-0.1, -0.05) is 29.3 Å². The molecule has 0 spiro atoms. The molecule has 0 atom stereocenters. The lowest BCUT2D eigenvalue weighted by molar-refractivity contribution is 0.102. The molecule has 144 valence electrons. The summed E-state index contributed by atoms with van der Waals surface area (Å²) in [7, 11) is 1.52. The van der Waals surface area contributed by atoms with Crippen LogP contribution in [0.4, 0.5) is 17.3 Å². The summed E-state index contributed by atoms with van der Waals surface area (Å²) >= 11 is 6.10. The van der Waals surface area contributed by atoms with Gasteiger partial charge in [0.25, 0.3) is 5.91 Å². The van der Waals surface area contributed by atoms with Gasteiger partial charge < -0.3 is 15.4 Å². The number of nitrogens with one attached hydrogen (secondary N) is 2. The average Bonchev–Trinajstić information content (AvgIpc) is 2.67. The second-order valence-corrected chi connectivity index (χ2v) is 6.90. The van der Waals surface area contributed by atoms with E-state index in [-0.39, 0.29) is 5.91 Å². The van der Waals surface area contributed by atoms with E-state index in [1.165, 1.54) is 25.1 Å². The number of carbonyl (C=O) groups excluding carboxylic acids is 1. The molecule has 0 aliphatic heterocycles. The fraction of sp³-hybridized carbons (Fsp3) is 0.190. The molecule has 3 aromatic rings. The summed E-state index contributed by atoms with van der Waals surface area (Å²) in [4.78, 5) is 21.0. The van der Waals surface area contributed by atoms with E-state index in [0.717, 1.165) is 16.8 Å². The summed E-state index contributed by atoms with van der Waals surface area (Å²) in [6.07, 6.45) is 2.95. The van der Waals surface area contributed by atoms with Crippen molar-refractivity contribution in [2.45, 2.75) is 20.8 Å². The fourth-order valence-electron chi connectivity index (χ4n) is 2.71. The van der Waals surface area contributed by atoms with Crippen molar-refractivity contribution in [2.24, 2.45) is 0 Å². The minimum atomic E-state index is -0.335. The molecule has 6 nitrogen and oxygen atoms in total. The van der Waals surface area contributed by atoms with Crippen LogP contribution in [0.25, 0.3) is 0 Å². The minimum absolute atomic E-state index is 0.334. The van der Waals surface area contributed by atoms with Crippen LogP contribution in [-0.4, -0.2) is 23.0 Å². The molecule has 1 amide bonds. The van der Waals surface area contributed by atoms with Gasteiger partial charge in [-0.15, -0.1) is 0 Å². The van der Waals surface area contributed by atoms with Crippen molar-refractivity contribution in [3.05, 3.63) is 70.0 Å². The molecule has 0 aliphatic rings. The number of anilines is 3. The van der Waals surface area contributed by atoms with Crippen LogP contribution in [0.3, 0.4) is 0 Å². The molecule has 0 aliphatic carbocycles. The van der Waals surface area contributed by atoms with Crippen LogP contribution in [0.5, 0.6) is 5.75 Å². The molecule has 7 heteroatoms. The van der Waals surface area contributed by atoms with E-state index >= 15 is 0 Å². The molecule has 0 saturated carbocycles. The van der Waals surface area contributed by atoms with E-state index in [0.29, 0.717) is 28.0 Å². The van der Waals surface area contributed by atoms with Gasteiger partial charge in [0.05, 0.1) is 18.4 Å². The Hall–Kier alpha value is -3.12. The highest BCUT2D eigenvalue weighted by molar-refractivity contribution is 6.31. The summed E-state index contributed by atoms with van der Waals surface area (Å²) in [5, 5.41) is 6.54. The second-order valence-electron chi connectivity index (χ2n) is 6.49. The number of aromatic nitrogens is 2. The van der Waals surface area contributed by atoms with Crippen molar-refractivity contribution in [2.75, 3.05) is 17.7 Å². The predicted octanol–water partition coefficient (Wildman–Crippen LogP) is 5.06. The Bertz CT molecular complexity index is 1020. The van der Waals surface area contributed by atoms with Gasteiger partial charge in [0.15, 0.2) is 0 Å². The van der Waals surface area contributed by atoms with Gasteiger partial charge >= 0.3 is 0 Å². The molecule has 0 radical (unpaired) electrons. The topological polar surface area (TPSA) is 76.1 Å². The summed E-state index contributed by atoms with van der Waals surface area (Å²) in [5.74, 6) is 0.569. The van der Waals surface area contributed by atoms with Crippen molar-refractivity contribution in [3.63, 3.8) is 0 Å². The largest absolute Gasteiger partial charge is 0.495 e. The van der Waals surface area contributed by atoms with Crippen molar-refractivity contribution < 1.29 is 9.53 Å². The Morgan fingerprint density at radius 3 is 2.36 bits per heavy atom. The van der Waals surface area contributed by atoms with Gasteiger partial charge in [-0.05, 0) is 44.0 Å². The van der Waals surface area contributed by atoms with Crippen LogP contribution in [0.15, 0.2) is 42.7 Å². The third kappa shape index (κ3) is 4.40. The van der Waals surface area contributed by atoms with Gasteiger partial charge in [-0.2, -0.15) is 0 Å². The molecule has 0 unspecified atom stereocenters. The molecule has 1 aromatic heterocycles. The first-order valence-corrected chi connectivity index (χ1v) is 9.07. The normalized spacial score (nSPS) is 10.5. The van der Waals surface area contributed by atoms with Crippen molar-refractivity contribution in [3.8, 4) is 5.75 Å². The van der Waals surface area contributed by atoms with E-state index in [2.05, 4.69) is 26.7 Å². The van der Waals surface area contributed by atoms with E-state index in [9.17, 15) is 4.79 Å². The first-order chi connectivity index (χ1) is 13.4. The molecule has 2 N–H and O–H groups in total. The smallest absolute Gasteiger partial charge is 0.258 e. The highest BCUT2D eigenvalue weighted by Gasteiger charge is 2.13. The first-order valence-electron chi connectivity index (χ1n) is 8.69. The second kappa shape index (κ2) is 8.27. The maximum absolute atomic E-state index is 12.5. The fourth-order valence-corrected chi connectivity index (χ4v) is 2.86. The van der Waals surface area contributed by atoms with Crippen LogP contribution in [0.1, 0.15) is 27.0 Å². The van der Waals surface area contributed by atoms with Crippen LogP contribution in [0, 0.1) is 20.8 Å². The average molecular weight is 397 g/mol. The third-order valence-corrected chi connectivity index (χ3v) is 4.68. The summed E-state index contributed by atoms with van der Waals surface area (Å²) in [6, 6.07) is 9.49. The van der Waals surface area contributed by atoms with Crippen LogP contribution >= 0.6 is 11.6 Å². The van der Waals surface area contributed by atoms with Crippen molar-refractivity contribution in [1.82, 2.24) is 9.97 Å². The quantitative estimate of drug-likeness (QED) is 0.630. The zero-order valence-electron chi connectivity index (χ0n) is 16.1. The van der Waals surface area contributed by atoms with Gasteiger partial charge in [0.2, 0.25) is 5.95 Å². The molecule has 28 heavy (non-hydrogen) atoms. The number of amides is 1. The predicted molar refractivity (Wildman–Crippen MR) is 112 cm³/mol. The highest BCUT2D eigenvalue weighted by atomic mass is 35.5. The standard InChI is InChI=1S/C21H21ClN4O2/c1-12-5-6-17(14(3)7-12)26-21-23-10-15(11-24-21)20(27)25-18-8-13(2)16(22)9-19(18)28-4/h5-11H,1-4H3,(H,25,27)(H,23,24,26). The lowest BCUT2D eigenvalue weighted by Gasteiger charge is -2.12. The van der Waals surface area contributed by atoms with Crippen LogP contribution < -0.4 is 15.4 Å². The molecule has 0 bridgehead atoms. The molecule has 0 saturated heterocycles. The Kier molecular flexibility index (Phi) is 5.80. The molecular weight excluding hydrogens is 376 g/mol. The van der Waals surface area contributed by atoms with Gasteiger partial charge in [-0.25, -0.2) is 9.97 Å². The molecule has 3 rings (SSSR count). The Morgan fingerprint density at radius 2 is 1.71 bits per heavy atom. The number of halogens is 1. The van der Waals surface area contributed by atoms with E-state index in [4.69, 9.17) is 16.3 Å². The summed E-state index contributed by atoms with van der Waals surface area (Å²) in [6.45, 7) is 5.91. The number of hydrogen-bond donors (Lipinski definition) is 2. The Morgan fingerprint density at radius 1 is 1.00 bits per heavy atom. The zero-order valence-corrected chi connectivity index (χ0v) is 16.9. The number of aryl methyl sites for hydroxylation is 3. The SMILES string of the molecule is COc1cc(Cl)c(C)cc1NC(=O)c1cnc(Nc2ccc(C)cc2C)nc1. The molecule has 0 fully saturated rings. The number of benzene rings is 2. The van der Waals surface area contributed by atoms with Crippen LogP contribution in [-0.2, 0) is 0 Å². The van der Waals surface area contributed by atoms with Crippen molar-refractivity contribution in [1.29, 1.82) is 0 Å². The Labute approximate surface area is 168 Å². The molecular formula is C21H21ClN4O2. The number of ether oxygens (including phenoxy) is 1. The first kappa shape index (κ1) is 19.6. The third-order valence-electron chi connectivity index (χ3n) is 4.27. The van der Waals surface area contributed by atoms with Crippen molar-refractivity contribution >= 4 is 34.8 Å². The van der Waals surface area contributed by atoms with Gasteiger partial charge in [0, 0.05) is 29.2 Å². The number of rotatable bonds is 5. The summed E-state index contributed by atoms with van der Waals surface area (Å²) < 4.78 is 5.28. The van der Waals surface area contributed by atoms with E-state index in [1.54, 1.807) is 12.1 Å². The Balaban J connectivity index is 1.74. The molecule has 2 aromatic carbocycles. The van der Waals surface area contributed by atoms with Crippen LogP contribution in [0.2, 0.25) is 5.02 Å². The maximum atomic E-state index is 12.5. The molecule has 1 heterocycles. The maximum Gasteiger partial charge on any atom is 0.258 e. The zero-order chi connectivity index (χ0) is 20.3. The monoisotopic (exact) mass is 396 g/mol. The van der Waals surface area contributed by atoms with E-state index in [1.807, 2.05) is 32.9 Å². The van der Waals surface area contributed by atoms with Gasteiger partial charge in [-0.3, -0.25) is 4.79 Å². The van der Waals surface area contributed by atoms with E-state index < -0.39 is 0 Å². The van der Waals surface area contributed by atoms with Gasteiger partial charge in [0.1, 0.15) is 5.75 Å². The number of methoxy groups -OCH3 is 1. The number of carbonyl (C=O) groups is 1. The number of hydrogen-bond acceptors (Lipinski definition) is 5. The summed E-state index contributed by atoms with van der Waals surface area (Å²) in [5.41, 5.74) is 4.90. The lowest BCUT2D eigenvalue weighted by Crippen LogP contribution is -2.14.